The van der Waals surface area contributed by atoms with E-state index in [1.807, 2.05) is 0 Å². The first-order chi connectivity index (χ1) is 7.81. The minimum atomic E-state index is 0.991. The zero-order valence-corrected chi connectivity index (χ0v) is 9.46. The second kappa shape index (κ2) is 3.38. The van der Waals surface area contributed by atoms with Crippen LogP contribution in [0.1, 0.15) is 23.6 Å². The van der Waals surface area contributed by atoms with Crippen molar-refractivity contribution in [1.29, 1.82) is 0 Å². The van der Waals surface area contributed by atoms with Gasteiger partial charge in [-0.15, -0.1) is 0 Å². The molecule has 0 unspecified atom stereocenters. The highest BCUT2D eigenvalue weighted by molar-refractivity contribution is 5.82. The van der Waals surface area contributed by atoms with Gasteiger partial charge >= 0.3 is 0 Å². The van der Waals surface area contributed by atoms with E-state index in [9.17, 15) is 0 Å². The molecular weight excluding hydrogens is 194 g/mol. The van der Waals surface area contributed by atoms with Crippen LogP contribution in [0.3, 0.4) is 0 Å². The molecule has 0 aliphatic heterocycles. The Hall–Kier alpha value is -1.76. The molecule has 0 amide bonds. The molecule has 0 heterocycles. The Morgan fingerprint density at radius 3 is 2.69 bits per heavy atom. The van der Waals surface area contributed by atoms with Crippen molar-refractivity contribution >= 4 is 5.69 Å². The minimum Gasteiger partial charge on any atom is -0.398 e. The largest absolute Gasteiger partial charge is 0.398 e. The topological polar surface area (TPSA) is 26.0 Å². The molecule has 0 saturated heterocycles. The average molecular weight is 209 g/mol. The molecule has 0 aromatic heterocycles. The van der Waals surface area contributed by atoms with Gasteiger partial charge in [0, 0.05) is 12.1 Å². The molecule has 1 heteroatoms. The number of nitrogen functional groups attached to an aromatic ring is 1. The first kappa shape index (κ1) is 9.46. The summed E-state index contributed by atoms with van der Waals surface area (Å²) in [5, 5.41) is 0. The molecule has 0 fully saturated rings. The maximum Gasteiger partial charge on any atom is 0.0388 e. The molecule has 2 N–H and O–H groups in total. The molecule has 2 aromatic rings. The van der Waals surface area contributed by atoms with Crippen LogP contribution in [-0.4, -0.2) is 0 Å². The monoisotopic (exact) mass is 209 g/mol. The van der Waals surface area contributed by atoms with Crippen molar-refractivity contribution in [2.24, 2.45) is 0 Å². The highest BCUT2D eigenvalue weighted by Crippen LogP contribution is 2.40. The summed E-state index contributed by atoms with van der Waals surface area (Å²) in [7, 11) is 0. The summed E-state index contributed by atoms with van der Waals surface area (Å²) < 4.78 is 0. The van der Waals surface area contributed by atoms with Gasteiger partial charge in [-0.1, -0.05) is 43.3 Å². The fourth-order valence-electron chi connectivity index (χ4n) is 2.59. The summed E-state index contributed by atoms with van der Waals surface area (Å²) >= 11 is 0. The fraction of sp³-hybridized carbons (Fsp3) is 0.200. The van der Waals surface area contributed by atoms with Gasteiger partial charge in [0.15, 0.2) is 0 Å². The molecule has 0 spiro atoms. The summed E-state index contributed by atoms with van der Waals surface area (Å²) in [4.78, 5) is 0. The second-order valence-electron chi connectivity index (χ2n) is 4.35. The predicted molar refractivity (Wildman–Crippen MR) is 68.5 cm³/mol. The van der Waals surface area contributed by atoms with E-state index < -0.39 is 0 Å². The number of anilines is 1. The zero-order valence-electron chi connectivity index (χ0n) is 9.46. The lowest BCUT2D eigenvalue weighted by atomic mass is 10.00. The van der Waals surface area contributed by atoms with Crippen molar-refractivity contribution in [2.75, 3.05) is 5.73 Å². The van der Waals surface area contributed by atoms with Crippen LogP contribution in [0.4, 0.5) is 5.69 Å². The predicted octanol–water partition coefficient (Wildman–Crippen LogP) is 3.40. The summed E-state index contributed by atoms with van der Waals surface area (Å²) in [5.74, 6) is 0. The quantitative estimate of drug-likeness (QED) is 0.611. The molecule has 1 aliphatic rings. The van der Waals surface area contributed by atoms with Crippen molar-refractivity contribution in [3.8, 4) is 11.1 Å². The van der Waals surface area contributed by atoms with Gasteiger partial charge in [-0.3, -0.25) is 0 Å². The molecule has 0 atom stereocenters. The van der Waals surface area contributed by atoms with Crippen LogP contribution in [0.2, 0.25) is 0 Å². The number of nitrogens with two attached hydrogens (primary N) is 1. The molecule has 1 nitrogen and oxygen atoms in total. The van der Waals surface area contributed by atoms with E-state index in [4.69, 9.17) is 5.73 Å². The van der Waals surface area contributed by atoms with E-state index in [0.29, 0.717) is 0 Å². The Balaban J connectivity index is 2.24. The van der Waals surface area contributed by atoms with E-state index in [1.54, 1.807) is 0 Å². The van der Waals surface area contributed by atoms with Gasteiger partial charge in [-0.2, -0.15) is 0 Å². The van der Waals surface area contributed by atoms with E-state index in [1.165, 1.54) is 27.8 Å². The van der Waals surface area contributed by atoms with Crippen LogP contribution in [0, 0.1) is 0 Å². The van der Waals surface area contributed by atoms with Crippen molar-refractivity contribution in [1.82, 2.24) is 0 Å². The highest BCUT2D eigenvalue weighted by Gasteiger charge is 2.20. The Kier molecular flexibility index (Phi) is 2.00. The molecule has 3 rings (SSSR count). The van der Waals surface area contributed by atoms with Crippen LogP contribution in [-0.2, 0) is 12.8 Å². The number of hydrogen-bond acceptors (Lipinski definition) is 1. The molecule has 1 aliphatic carbocycles. The van der Waals surface area contributed by atoms with E-state index in [2.05, 4.69) is 43.3 Å². The summed E-state index contributed by atoms with van der Waals surface area (Å²) in [6.45, 7) is 2.15. The number of benzene rings is 2. The molecule has 0 saturated carbocycles. The van der Waals surface area contributed by atoms with Gasteiger partial charge in [0.25, 0.3) is 0 Å². The third kappa shape index (κ3) is 1.18. The Morgan fingerprint density at radius 2 is 1.88 bits per heavy atom. The molecule has 2 aromatic carbocycles. The zero-order chi connectivity index (χ0) is 11.1. The van der Waals surface area contributed by atoms with Crippen LogP contribution >= 0.6 is 0 Å². The van der Waals surface area contributed by atoms with Gasteiger partial charge in [-0.05, 0) is 34.2 Å². The van der Waals surface area contributed by atoms with Gasteiger partial charge in [0.05, 0.1) is 0 Å². The lowest BCUT2D eigenvalue weighted by Gasteiger charge is -2.08. The van der Waals surface area contributed by atoms with Crippen molar-refractivity contribution in [2.45, 2.75) is 19.8 Å². The average Bonchev–Trinajstić information content (AvgIpc) is 2.69. The van der Waals surface area contributed by atoms with Gasteiger partial charge in [-0.25, -0.2) is 0 Å². The Labute approximate surface area is 95.9 Å². The maximum atomic E-state index is 6.22. The molecular formula is C15H15N. The lowest BCUT2D eigenvalue weighted by molar-refractivity contribution is 1.13. The summed E-state index contributed by atoms with van der Waals surface area (Å²) in [5.41, 5.74) is 13.9. The van der Waals surface area contributed by atoms with Gasteiger partial charge < -0.3 is 5.73 Å². The van der Waals surface area contributed by atoms with Crippen LogP contribution in [0.15, 0.2) is 36.4 Å². The normalized spacial score (nSPS) is 12.3. The SMILES string of the molecule is CCc1ccc2c(c1N)Cc1ccccc1-2. The van der Waals surface area contributed by atoms with Crippen molar-refractivity contribution in [3.05, 3.63) is 53.1 Å². The van der Waals surface area contributed by atoms with Crippen molar-refractivity contribution < 1.29 is 0 Å². The standard InChI is InChI=1S/C15H15N/c1-2-10-7-8-13-12-6-4-3-5-11(12)9-14(13)15(10)16/h3-8H,2,9,16H2,1H3. The number of rotatable bonds is 1. The smallest absolute Gasteiger partial charge is 0.0388 e. The third-order valence-electron chi connectivity index (χ3n) is 3.50. The molecule has 80 valence electrons. The minimum absolute atomic E-state index is 0.991. The van der Waals surface area contributed by atoms with Crippen LogP contribution in [0.5, 0.6) is 0 Å². The maximum absolute atomic E-state index is 6.22. The third-order valence-corrected chi connectivity index (χ3v) is 3.50. The molecule has 16 heavy (non-hydrogen) atoms. The van der Waals surface area contributed by atoms with Gasteiger partial charge in [0.2, 0.25) is 0 Å². The van der Waals surface area contributed by atoms with Crippen LogP contribution < -0.4 is 5.73 Å². The lowest BCUT2D eigenvalue weighted by Crippen LogP contribution is -1.98. The summed E-state index contributed by atoms with van der Waals surface area (Å²) in [6, 6.07) is 13.0. The molecule has 0 radical (unpaired) electrons. The van der Waals surface area contributed by atoms with E-state index in [0.717, 1.165) is 18.5 Å². The van der Waals surface area contributed by atoms with Crippen LogP contribution in [0.25, 0.3) is 11.1 Å². The van der Waals surface area contributed by atoms with Gasteiger partial charge in [0.1, 0.15) is 0 Å². The van der Waals surface area contributed by atoms with E-state index >= 15 is 0 Å². The Morgan fingerprint density at radius 1 is 1.06 bits per heavy atom. The first-order valence-electron chi connectivity index (χ1n) is 5.79. The Bertz CT molecular complexity index is 555. The summed E-state index contributed by atoms with van der Waals surface area (Å²) in [6.07, 6.45) is 2.00. The number of hydrogen-bond donors (Lipinski definition) is 1. The fourth-order valence-corrected chi connectivity index (χ4v) is 2.59. The highest BCUT2D eigenvalue weighted by atomic mass is 14.6. The molecule has 0 bridgehead atoms. The first-order valence-corrected chi connectivity index (χ1v) is 5.79. The van der Waals surface area contributed by atoms with Crippen molar-refractivity contribution in [3.63, 3.8) is 0 Å². The number of fused-ring (bicyclic) bond motifs is 3. The van der Waals surface area contributed by atoms with E-state index in [-0.39, 0.29) is 0 Å². The number of aryl methyl sites for hydroxylation is 1. The second-order valence-corrected chi connectivity index (χ2v) is 4.35.